The summed E-state index contributed by atoms with van der Waals surface area (Å²) in [6.45, 7) is 2.09. The molecule has 0 aliphatic carbocycles. The van der Waals surface area contributed by atoms with Crippen molar-refractivity contribution in [1.82, 2.24) is 4.98 Å². The molecular weight excluding hydrogens is 268 g/mol. The van der Waals surface area contributed by atoms with Crippen LogP contribution in [0.4, 0.5) is 5.69 Å². The zero-order valence-corrected chi connectivity index (χ0v) is 11.9. The number of aromatic nitrogens is 1. The molecule has 1 heterocycles. The van der Waals surface area contributed by atoms with Crippen LogP contribution in [-0.4, -0.2) is 4.98 Å². The van der Waals surface area contributed by atoms with Crippen molar-refractivity contribution in [3.63, 3.8) is 0 Å². The third kappa shape index (κ3) is 2.61. The second kappa shape index (κ2) is 5.51. The Morgan fingerprint density at radius 3 is 2.65 bits per heavy atom. The van der Waals surface area contributed by atoms with E-state index in [4.69, 9.17) is 11.6 Å². The first-order valence-corrected chi connectivity index (χ1v) is 6.97. The van der Waals surface area contributed by atoms with E-state index < -0.39 is 0 Å². The Kier molecular flexibility index (Phi) is 3.57. The molecule has 0 aliphatic heterocycles. The zero-order valence-electron chi connectivity index (χ0n) is 11.2. The summed E-state index contributed by atoms with van der Waals surface area (Å²) in [5.41, 5.74) is 3.09. The van der Waals surface area contributed by atoms with Crippen LogP contribution in [0.5, 0.6) is 0 Å². The molecule has 2 nitrogen and oxygen atoms in total. The molecule has 0 radical (unpaired) electrons. The van der Waals surface area contributed by atoms with Gasteiger partial charge in [-0.2, -0.15) is 0 Å². The summed E-state index contributed by atoms with van der Waals surface area (Å²) < 4.78 is 0. The molecule has 0 fully saturated rings. The molecule has 2 aromatic carbocycles. The maximum Gasteiger partial charge on any atom is 0.0703 e. The molecule has 3 heteroatoms. The van der Waals surface area contributed by atoms with Crippen LogP contribution in [0.3, 0.4) is 0 Å². The molecule has 3 rings (SSSR count). The number of nitrogens with one attached hydrogen (secondary N) is 1. The van der Waals surface area contributed by atoms with Crippen molar-refractivity contribution >= 4 is 28.2 Å². The van der Waals surface area contributed by atoms with Crippen molar-refractivity contribution in [2.45, 2.75) is 13.0 Å². The van der Waals surface area contributed by atoms with Gasteiger partial charge in [-0.1, -0.05) is 48.0 Å². The fourth-order valence-electron chi connectivity index (χ4n) is 2.30. The lowest BCUT2D eigenvalue weighted by Crippen LogP contribution is -2.07. The van der Waals surface area contributed by atoms with Crippen LogP contribution in [0.1, 0.15) is 18.5 Å². The van der Waals surface area contributed by atoms with Gasteiger partial charge in [0.1, 0.15) is 0 Å². The van der Waals surface area contributed by atoms with Crippen LogP contribution in [-0.2, 0) is 0 Å². The molecule has 0 saturated carbocycles. The second-order valence-corrected chi connectivity index (χ2v) is 5.21. The van der Waals surface area contributed by atoms with Gasteiger partial charge in [0, 0.05) is 10.4 Å². The van der Waals surface area contributed by atoms with Crippen LogP contribution in [0.2, 0.25) is 5.02 Å². The SMILES string of the molecule is CC(Nc1cnc2ccccc2c1)c1ccccc1Cl. The van der Waals surface area contributed by atoms with Crippen molar-refractivity contribution in [3.05, 3.63) is 71.4 Å². The maximum absolute atomic E-state index is 6.22. The Labute approximate surface area is 123 Å². The summed E-state index contributed by atoms with van der Waals surface area (Å²) in [5, 5.41) is 5.35. The largest absolute Gasteiger partial charge is 0.377 e. The van der Waals surface area contributed by atoms with E-state index in [1.165, 1.54) is 0 Å². The number of anilines is 1. The smallest absolute Gasteiger partial charge is 0.0703 e. The number of para-hydroxylation sites is 1. The summed E-state index contributed by atoms with van der Waals surface area (Å²) in [5.74, 6) is 0. The summed E-state index contributed by atoms with van der Waals surface area (Å²) in [6.07, 6.45) is 1.86. The molecule has 0 amide bonds. The number of hydrogen-bond acceptors (Lipinski definition) is 2. The minimum Gasteiger partial charge on any atom is -0.377 e. The fourth-order valence-corrected chi connectivity index (χ4v) is 2.60. The average molecular weight is 283 g/mol. The van der Waals surface area contributed by atoms with Gasteiger partial charge in [-0.3, -0.25) is 4.98 Å². The van der Waals surface area contributed by atoms with Crippen molar-refractivity contribution in [3.8, 4) is 0 Å². The Bertz CT molecular complexity index is 740. The van der Waals surface area contributed by atoms with E-state index in [1.807, 2.05) is 48.7 Å². The van der Waals surface area contributed by atoms with Crippen LogP contribution < -0.4 is 5.32 Å². The van der Waals surface area contributed by atoms with Crippen LogP contribution in [0.15, 0.2) is 60.8 Å². The van der Waals surface area contributed by atoms with Gasteiger partial charge in [-0.15, -0.1) is 0 Å². The Hall–Kier alpha value is -2.06. The van der Waals surface area contributed by atoms with Gasteiger partial charge in [0.25, 0.3) is 0 Å². The number of fused-ring (bicyclic) bond motifs is 1. The first-order valence-electron chi connectivity index (χ1n) is 6.60. The first-order chi connectivity index (χ1) is 9.74. The first kappa shape index (κ1) is 12.9. The molecule has 0 bridgehead atoms. The number of nitrogens with zero attached hydrogens (tertiary/aromatic N) is 1. The third-order valence-electron chi connectivity index (χ3n) is 3.35. The number of rotatable bonds is 3. The standard InChI is InChI=1S/C17H15ClN2/c1-12(15-7-3-4-8-16(15)18)20-14-10-13-6-2-5-9-17(13)19-11-14/h2-12,20H,1H3. The van der Waals surface area contributed by atoms with Crippen LogP contribution in [0.25, 0.3) is 10.9 Å². The minimum atomic E-state index is 0.131. The Morgan fingerprint density at radius 1 is 1.05 bits per heavy atom. The molecular formula is C17H15ClN2. The predicted molar refractivity (Wildman–Crippen MR) is 85.2 cm³/mol. The van der Waals surface area contributed by atoms with E-state index >= 15 is 0 Å². The van der Waals surface area contributed by atoms with Crippen molar-refractivity contribution in [1.29, 1.82) is 0 Å². The van der Waals surface area contributed by atoms with Gasteiger partial charge in [-0.25, -0.2) is 0 Å². The highest BCUT2D eigenvalue weighted by atomic mass is 35.5. The number of halogens is 1. The monoisotopic (exact) mass is 282 g/mol. The van der Waals surface area contributed by atoms with Gasteiger partial charge in [0.05, 0.1) is 23.4 Å². The quantitative estimate of drug-likeness (QED) is 0.726. The third-order valence-corrected chi connectivity index (χ3v) is 3.69. The zero-order chi connectivity index (χ0) is 13.9. The normalized spacial score (nSPS) is 12.3. The van der Waals surface area contributed by atoms with E-state index in [2.05, 4.69) is 29.4 Å². The van der Waals surface area contributed by atoms with Gasteiger partial charge < -0.3 is 5.32 Å². The van der Waals surface area contributed by atoms with Gasteiger partial charge in [0.2, 0.25) is 0 Å². The van der Waals surface area contributed by atoms with E-state index in [0.29, 0.717) is 0 Å². The highest BCUT2D eigenvalue weighted by molar-refractivity contribution is 6.31. The lowest BCUT2D eigenvalue weighted by atomic mass is 10.1. The summed E-state index contributed by atoms with van der Waals surface area (Å²) in [6, 6.07) is 18.2. The lowest BCUT2D eigenvalue weighted by molar-refractivity contribution is 0.884. The van der Waals surface area contributed by atoms with Crippen LogP contribution >= 0.6 is 11.6 Å². The summed E-state index contributed by atoms with van der Waals surface area (Å²) in [7, 11) is 0. The fraction of sp³-hybridized carbons (Fsp3) is 0.118. The van der Waals surface area contributed by atoms with Crippen molar-refractivity contribution in [2.75, 3.05) is 5.32 Å². The maximum atomic E-state index is 6.22. The highest BCUT2D eigenvalue weighted by Gasteiger charge is 2.09. The number of hydrogen-bond donors (Lipinski definition) is 1. The molecule has 3 aromatic rings. The molecule has 0 aliphatic rings. The number of benzene rings is 2. The number of pyridine rings is 1. The molecule has 1 N–H and O–H groups in total. The van der Waals surface area contributed by atoms with E-state index in [9.17, 15) is 0 Å². The molecule has 20 heavy (non-hydrogen) atoms. The molecule has 1 aromatic heterocycles. The van der Waals surface area contributed by atoms with Gasteiger partial charge >= 0.3 is 0 Å². The highest BCUT2D eigenvalue weighted by Crippen LogP contribution is 2.26. The van der Waals surface area contributed by atoms with E-state index in [1.54, 1.807) is 0 Å². The van der Waals surface area contributed by atoms with Gasteiger partial charge in [0.15, 0.2) is 0 Å². The average Bonchev–Trinajstić information content (AvgIpc) is 2.47. The minimum absolute atomic E-state index is 0.131. The molecule has 100 valence electrons. The molecule has 0 saturated heterocycles. The van der Waals surface area contributed by atoms with E-state index in [-0.39, 0.29) is 6.04 Å². The van der Waals surface area contributed by atoms with Gasteiger partial charge in [-0.05, 0) is 30.7 Å². The van der Waals surface area contributed by atoms with Crippen molar-refractivity contribution in [2.24, 2.45) is 0 Å². The topological polar surface area (TPSA) is 24.9 Å². The second-order valence-electron chi connectivity index (χ2n) is 4.80. The molecule has 1 atom stereocenters. The predicted octanol–water partition coefficient (Wildman–Crippen LogP) is 5.06. The Balaban J connectivity index is 1.87. The lowest BCUT2D eigenvalue weighted by Gasteiger charge is -2.17. The van der Waals surface area contributed by atoms with Crippen molar-refractivity contribution < 1.29 is 0 Å². The Morgan fingerprint density at radius 2 is 1.80 bits per heavy atom. The summed E-state index contributed by atoms with van der Waals surface area (Å²) in [4.78, 5) is 4.45. The van der Waals surface area contributed by atoms with E-state index in [0.717, 1.165) is 27.2 Å². The van der Waals surface area contributed by atoms with Crippen LogP contribution in [0, 0.1) is 0 Å². The molecule has 1 unspecified atom stereocenters. The summed E-state index contributed by atoms with van der Waals surface area (Å²) >= 11 is 6.22. The molecule has 0 spiro atoms.